The molecular weight excluding hydrogens is 422 g/mol. The van der Waals surface area contributed by atoms with E-state index in [-0.39, 0.29) is 12.4 Å². The maximum absolute atomic E-state index is 13.4. The molecule has 1 aliphatic carbocycles. The first-order valence-electron chi connectivity index (χ1n) is 10.9. The number of fused-ring (bicyclic) bond motifs is 6. The molecule has 3 aromatic rings. The molecule has 172 valence electrons. The molecule has 1 aromatic heterocycles. The van der Waals surface area contributed by atoms with Crippen molar-refractivity contribution in [1.82, 2.24) is 9.88 Å². The van der Waals surface area contributed by atoms with Gasteiger partial charge in [0.05, 0.1) is 25.3 Å². The molecule has 0 fully saturated rings. The Balaban J connectivity index is 1.79. The second-order valence-corrected chi connectivity index (χ2v) is 8.06. The summed E-state index contributed by atoms with van der Waals surface area (Å²) < 4.78 is 24.0. The molecule has 0 saturated carbocycles. The van der Waals surface area contributed by atoms with E-state index in [9.17, 15) is 4.79 Å². The summed E-state index contributed by atoms with van der Waals surface area (Å²) in [5.74, 6) is 2.48. The van der Waals surface area contributed by atoms with Crippen LogP contribution in [0.3, 0.4) is 0 Å². The fourth-order valence-corrected chi connectivity index (χ4v) is 4.64. The van der Waals surface area contributed by atoms with E-state index in [0.717, 1.165) is 46.3 Å². The molecule has 2 aromatic carbocycles. The van der Waals surface area contributed by atoms with E-state index < -0.39 is 0 Å². The molecule has 8 heteroatoms. The van der Waals surface area contributed by atoms with E-state index in [1.54, 1.807) is 31.9 Å². The Bertz CT molecular complexity index is 1340. The Labute approximate surface area is 191 Å². The topological polar surface area (TPSA) is 97.0 Å². The predicted octanol–water partition coefficient (Wildman–Crippen LogP) is 2.63. The Kier molecular flexibility index (Phi) is 5.47. The summed E-state index contributed by atoms with van der Waals surface area (Å²) in [5, 5.41) is 4.81. The van der Waals surface area contributed by atoms with Crippen LogP contribution >= 0.6 is 0 Å². The van der Waals surface area contributed by atoms with E-state index in [4.69, 9.17) is 24.7 Å². The van der Waals surface area contributed by atoms with Crippen molar-refractivity contribution in [3.05, 3.63) is 51.8 Å². The van der Waals surface area contributed by atoms with Crippen LogP contribution in [0, 0.1) is 0 Å². The molecular formula is C25H27N3O5. The highest BCUT2D eigenvalue weighted by molar-refractivity contribution is 6.10. The first-order valence-corrected chi connectivity index (χ1v) is 10.9. The fraction of sp³-hybridized carbons (Fsp3) is 0.320. The van der Waals surface area contributed by atoms with Gasteiger partial charge in [0.2, 0.25) is 6.79 Å². The molecule has 1 aliphatic heterocycles. The van der Waals surface area contributed by atoms with E-state index in [2.05, 4.69) is 11.4 Å². The van der Waals surface area contributed by atoms with Crippen LogP contribution in [-0.2, 0) is 7.05 Å². The van der Waals surface area contributed by atoms with Crippen molar-refractivity contribution in [2.24, 2.45) is 12.8 Å². The molecule has 8 nitrogen and oxygen atoms in total. The third-order valence-electron chi connectivity index (χ3n) is 6.24. The summed E-state index contributed by atoms with van der Waals surface area (Å²) in [7, 11) is 4.96. The quantitative estimate of drug-likeness (QED) is 0.419. The highest BCUT2D eigenvalue weighted by Gasteiger charge is 2.32. The van der Waals surface area contributed by atoms with Crippen molar-refractivity contribution in [1.29, 1.82) is 0 Å². The van der Waals surface area contributed by atoms with Crippen molar-refractivity contribution in [2.45, 2.75) is 6.42 Å². The van der Waals surface area contributed by atoms with Gasteiger partial charge in [0.1, 0.15) is 0 Å². The van der Waals surface area contributed by atoms with Gasteiger partial charge in [-0.1, -0.05) is 6.08 Å². The molecule has 0 amide bonds. The molecule has 3 N–H and O–H groups in total. The minimum atomic E-state index is -0.101. The zero-order chi connectivity index (χ0) is 23.1. The molecule has 2 heterocycles. The summed E-state index contributed by atoms with van der Waals surface area (Å²) in [6.07, 6.45) is 3.06. The number of aromatic nitrogens is 1. The van der Waals surface area contributed by atoms with E-state index in [1.165, 1.54) is 0 Å². The van der Waals surface area contributed by atoms with Crippen molar-refractivity contribution < 1.29 is 18.9 Å². The highest BCUT2D eigenvalue weighted by atomic mass is 16.7. The predicted molar refractivity (Wildman–Crippen MR) is 127 cm³/mol. The molecule has 2 aliphatic rings. The third-order valence-corrected chi connectivity index (χ3v) is 6.24. The Morgan fingerprint density at radius 3 is 2.39 bits per heavy atom. The molecule has 0 radical (unpaired) electrons. The lowest BCUT2D eigenvalue weighted by Gasteiger charge is -2.15. The van der Waals surface area contributed by atoms with Crippen LogP contribution in [0.5, 0.6) is 23.0 Å². The maximum Gasteiger partial charge on any atom is 0.258 e. The van der Waals surface area contributed by atoms with Gasteiger partial charge in [-0.25, -0.2) is 0 Å². The van der Waals surface area contributed by atoms with Crippen LogP contribution < -0.4 is 35.6 Å². The highest BCUT2D eigenvalue weighted by Crippen LogP contribution is 2.51. The number of hydrogen-bond acceptors (Lipinski definition) is 7. The number of benzene rings is 2. The number of rotatable bonds is 7. The van der Waals surface area contributed by atoms with Crippen molar-refractivity contribution in [3.63, 3.8) is 0 Å². The second kappa shape index (κ2) is 8.46. The number of nitrogens with two attached hydrogens (primary N) is 1. The number of methoxy groups -OCH3 is 2. The normalized spacial score (nSPS) is 14.6. The Hall–Kier alpha value is -3.49. The summed E-state index contributed by atoms with van der Waals surface area (Å²) >= 11 is 0. The lowest BCUT2D eigenvalue weighted by molar-refractivity contribution is 0.174. The van der Waals surface area contributed by atoms with Gasteiger partial charge in [-0.3, -0.25) is 4.79 Å². The SMILES string of the molecule is COc1cc2c3c(n(C)c(=O)c2cc1OC)-c1cc2c(cc1/C3=C\CNCCCN)OCO2. The Morgan fingerprint density at radius 1 is 1.06 bits per heavy atom. The van der Waals surface area contributed by atoms with Gasteiger partial charge >= 0.3 is 0 Å². The molecule has 33 heavy (non-hydrogen) atoms. The average molecular weight is 450 g/mol. The molecule has 0 atom stereocenters. The summed E-state index contributed by atoms with van der Waals surface area (Å²) in [6.45, 7) is 2.34. The first kappa shape index (κ1) is 21.4. The smallest absolute Gasteiger partial charge is 0.258 e. The molecule has 0 unspecified atom stereocenters. The number of pyridine rings is 1. The minimum Gasteiger partial charge on any atom is -0.493 e. The zero-order valence-electron chi connectivity index (χ0n) is 19.0. The fourth-order valence-electron chi connectivity index (χ4n) is 4.64. The summed E-state index contributed by atoms with van der Waals surface area (Å²) in [5.41, 5.74) is 10.3. The largest absolute Gasteiger partial charge is 0.493 e. The van der Waals surface area contributed by atoms with Gasteiger partial charge in [-0.05, 0) is 54.9 Å². The van der Waals surface area contributed by atoms with Crippen LogP contribution in [0.2, 0.25) is 0 Å². The lowest BCUT2D eigenvalue weighted by atomic mass is 9.98. The van der Waals surface area contributed by atoms with E-state index >= 15 is 0 Å². The van der Waals surface area contributed by atoms with Gasteiger partial charge < -0.3 is 34.6 Å². The molecule has 0 bridgehead atoms. The van der Waals surface area contributed by atoms with Gasteiger partial charge in [0, 0.05) is 30.1 Å². The van der Waals surface area contributed by atoms with Crippen molar-refractivity contribution in [3.8, 4) is 34.3 Å². The van der Waals surface area contributed by atoms with Crippen LogP contribution in [0.1, 0.15) is 17.5 Å². The first-order chi connectivity index (χ1) is 16.1. The molecule has 0 saturated heterocycles. The zero-order valence-corrected chi connectivity index (χ0v) is 19.0. The number of ether oxygens (including phenoxy) is 4. The Morgan fingerprint density at radius 2 is 1.73 bits per heavy atom. The number of nitrogens with one attached hydrogen (secondary N) is 1. The van der Waals surface area contributed by atoms with Crippen LogP contribution in [-0.4, -0.2) is 45.2 Å². The van der Waals surface area contributed by atoms with Crippen molar-refractivity contribution in [2.75, 3.05) is 40.6 Å². The summed E-state index contributed by atoms with van der Waals surface area (Å²) in [6, 6.07) is 7.60. The minimum absolute atomic E-state index is 0.101. The standard InChI is InChI=1S/C25H27N3O5/c1-28-24-17-11-22-21(32-13-33-22)9-15(17)14(5-8-27-7-4-6-26)23(24)16-10-19(30-2)20(31-3)12-18(16)25(28)29/h5,9-12,27H,4,6-8,13,26H2,1-3H3/b14-5+. The maximum atomic E-state index is 13.4. The second-order valence-electron chi connectivity index (χ2n) is 8.06. The number of hydrogen-bond donors (Lipinski definition) is 2. The number of nitrogens with zero attached hydrogens (tertiary/aromatic N) is 1. The van der Waals surface area contributed by atoms with Gasteiger partial charge in [-0.15, -0.1) is 0 Å². The van der Waals surface area contributed by atoms with E-state index in [1.807, 2.05) is 18.2 Å². The summed E-state index contributed by atoms with van der Waals surface area (Å²) in [4.78, 5) is 13.4. The molecule has 0 spiro atoms. The van der Waals surface area contributed by atoms with Crippen molar-refractivity contribution >= 4 is 16.3 Å². The van der Waals surface area contributed by atoms with E-state index in [0.29, 0.717) is 41.5 Å². The van der Waals surface area contributed by atoms with Gasteiger partial charge in [-0.2, -0.15) is 0 Å². The lowest BCUT2D eigenvalue weighted by Crippen LogP contribution is -2.20. The monoisotopic (exact) mass is 449 g/mol. The van der Waals surface area contributed by atoms with Crippen LogP contribution in [0.4, 0.5) is 0 Å². The third kappa shape index (κ3) is 3.34. The average Bonchev–Trinajstić information content (AvgIpc) is 3.42. The molecule has 5 rings (SSSR count). The van der Waals surface area contributed by atoms with Crippen LogP contribution in [0.15, 0.2) is 35.1 Å². The van der Waals surface area contributed by atoms with Crippen LogP contribution in [0.25, 0.3) is 27.6 Å². The van der Waals surface area contributed by atoms with Gasteiger partial charge in [0.25, 0.3) is 5.56 Å². The van der Waals surface area contributed by atoms with Gasteiger partial charge in [0.15, 0.2) is 23.0 Å².